The van der Waals surface area contributed by atoms with Crippen LogP contribution < -0.4 is 5.32 Å². The summed E-state index contributed by atoms with van der Waals surface area (Å²) in [4.78, 5) is 46.4. The molecule has 3 aliphatic heterocycles. The summed E-state index contributed by atoms with van der Waals surface area (Å²) < 4.78 is 44.7. The van der Waals surface area contributed by atoms with Crippen LogP contribution in [0.2, 0.25) is 0 Å². The van der Waals surface area contributed by atoms with Crippen molar-refractivity contribution in [2.24, 2.45) is 17.8 Å². The van der Waals surface area contributed by atoms with Crippen molar-refractivity contribution in [1.82, 2.24) is 39.6 Å². The fourth-order valence-corrected chi connectivity index (χ4v) is 8.98. The van der Waals surface area contributed by atoms with E-state index in [1.165, 1.54) is 12.0 Å². The van der Waals surface area contributed by atoms with Crippen LogP contribution in [0.3, 0.4) is 0 Å². The Morgan fingerprint density at radius 1 is 0.983 bits per heavy atom. The minimum Gasteiger partial charge on any atom is -0.470 e. The van der Waals surface area contributed by atoms with Crippen molar-refractivity contribution in [2.75, 3.05) is 20.2 Å². The molecule has 0 spiro atoms. The number of hydrogen-bond donors (Lipinski definition) is 4. The van der Waals surface area contributed by atoms with Crippen LogP contribution in [0.25, 0.3) is 33.3 Å². The van der Waals surface area contributed by atoms with Crippen molar-refractivity contribution >= 4 is 33.9 Å². The summed E-state index contributed by atoms with van der Waals surface area (Å²) in [5, 5.41) is 13.7. The Hall–Kier alpha value is -4.86. The highest BCUT2D eigenvalue weighted by Gasteiger charge is 2.42. The van der Waals surface area contributed by atoms with Crippen LogP contribution in [0.5, 0.6) is 0 Å². The molecule has 4 aromatic rings. The van der Waals surface area contributed by atoms with Crippen molar-refractivity contribution in [1.29, 1.82) is 0 Å². The lowest BCUT2D eigenvalue weighted by Crippen LogP contribution is -2.53. The van der Waals surface area contributed by atoms with Gasteiger partial charge in [-0.15, -0.1) is 0 Å². The van der Waals surface area contributed by atoms with Crippen molar-refractivity contribution < 1.29 is 33.0 Å². The first-order valence-corrected chi connectivity index (χ1v) is 20.5. The van der Waals surface area contributed by atoms with E-state index >= 15 is 4.39 Å². The average Bonchev–Trinajstić information content (AvgIpc) is 4.04. The van der Waals surface area contributed by atoms with Crippen LogP contribution in [0.15, 0.2) is 48.5 Å². The van der Waals surface area contributed by atoms with E-state index in [2.05, 4.69) is 40.2 Å². The Morgan fingerprint density at radius 3 is 2.43 bits per heavy atom. The molecule has 8 rings (SSSR count). The van der Waals surface area contributed by atoms with Gasteiger partial charge in [-0.3, -0.25) is 14.9 Å². The molecule has 2 amide bonds. The third kappa shape index (κ3) is 7.15. The lowest BCUT2D eigenvalue weighted by molar-refractivity contribution is -0.145. The molecule has 0 bridgehead atoms. The molecular formula is C43H54F2N8O5. The number of aliphatic hydroxyl groups excluding tert-OH is 1. The normalized spacial score (nSPS) is 25.0. The van der Waals surface area contributed by atoms with Gasteiger partial charge >= 0.3 is 0 Å². The number of rotatable bonds is 11. The summed E-state index contributed by atoms with van der Waals surface area (Å²) in [7, 11) is 1.32. The zero-order valence-electron chi connectivity index (χ0n) is 34.1. The van der Waals surface area contributed by atoms with E-state index in [1.807, 2.05) is 67.6 Å². The monoisotopic (exact) mass is 800 g/mol. The van der Waals surface area contributed by atoms with Gasteiger partial charge in [-0.25, -0.2) is 18.7 Å². The molecule has 310 valence electrons. The molecule has 0 saturated carbocycles. The molecule has 2 saturated heterocycles. The number of hydrogen-bond acceptors (Lipinski definition) is 8. The van der Waals surface area contributed by atoms with Crippen LogP contribution in [-0.2, 0) is 19.1 Å². The number of carbonyl (C=O) groups is 2. The summed E-state index contributed by atoms with van der Waals surface area (Å²) in [6.45, 7) is 12.4. The molecule has 3 aromatic heterocycles. The van der Waals surface area contributed by atoms with Gasteiger partial charge in [0, 0.05) is 43.4 Å². The first-order valence-electron chi connectivity index (χ1n) is 20.5. The number of nitrogens with one attached hydrogen (secondary N) is 3. The van der Waals surface area contributed by atoms with Gasteiger partial charge < -0.3 is 38.9 Å². The summed E-state index contributed by atoms with van der Waals surface area (Å²) in [5.74, 6) is 1.42. The van der Waals surface area contributed by atoms with E-state index in [0.29, 0.717) is 28.4 Å². The Labute approximate surface area is 336 Å². The second-order valence-electron chi connectivity index (χ2n) is 16.9. The van der Waals surface area contributed by atoms with Gasteiger partial charge in [0.1, 0.15) is 29.8 Å². The molecule has 58 heavy (non-hydrogen) atoms. The van der Waals surface area contributed by atoms with Crippen LogP contribution in [0.1, 0.15) is 109 Å². The summed E-state index contributed by atoms with van der Waals surface area (Å²) in [6, 6.07) is 6.57. The van der Waals surface area contributed by atoms with Gasteiger partial charge in [-0.1, -0.05) is 40.7 Å². The number of aliphatic hydroxyl groups is 1. The molecule has 0 radical (unpaired) electrons. The zero-order chi connectivity index (χ0) is 41.2. The summed E-state index contributed by atoms with van der Waals surface area (Å²) in [6.07, 6.45) is 2.77. The maximum absolute atomic E-state index is 16.5. The van der Waals surface area contributed by atoms with Gasteiger partial charge in [0.05, 0.1) is 65.2 Å². The van der Waals surface area contributed by atoms with E-state index in [-0.39, 0.29) is 55.0 Å². The predicted molar refractivity (Wildman–Crippen MR) is 215 cm³/mol. The number of carbonyl (C=O) groups excluding carboxylic acids is 2. The summed E-state index contributed by atoms with van der Waals surface area (Å²) in [5.41, 5.74) is 5.15. The second kappa shape index (κ2) is 15.7. The van der Waals surface area contributed by atoms with Crippen LogP contribution in [-0.4, -0.2) is 96.2 Å². The minimum absolute atomic E-state index is 0.0581. The van der Waals surface area contributed by atoms with Gasteiger partial charge in [-0.2, -0.15) is 0 Å². The number of H-pyrrole nitrogens is 2. The molecule has 4 N–H and O–H groups in total. The van der Waals surface area contributed by atoms with Crippen molar-refractivity contribution in [3.63, 3.8) is 0 Å². The van der Waals surface area contributed by atoms with Crippen LogP contribution in [0.4, 0.5) is 8.78 Å². The molecule has 2 fully saturated rings. The largest absolute Gasteiger partial charge is 0.470 e. The van der Waals surface area contributed by atoms with Crippen LogP contribution >= 0.6 is 0 Å². The standard InChI is InChI=1S/C43H54F2N8O5/c1-21(2)23(5)41(54)51-12-8-9-33(51)39-46-18-30(48-39)25-10-11-32-27(13-25)15-34-37-29(45)14-26(16-36(37)58-24(6)53(32)34)31-19-47-40(49-31)35-17-28(44)20-52(35)42(55)38(22(3)4)50-43(56)57-7/h10-11,13,15-16,18-19,21-24,28-29,33,35,38,43,50,56H,8-9,12,14,17,20H2,1-7H3,(H,46,48)(H,47,49). The van der Waals surface area contributed by atoms with E-state index in [1.54, 1.807) is 6.20 Å². The third-order valence-corrected chi connectivity index (χ3v) is 12.5. The number of aromatic amines is 2. The maximum Gasteiger partial charge on any atom is 0.240 e. The fraction of sp³-hybridized carbons (Fsp3) is 0.535. The lowest BCUT2D eigenvalue weighted by atomic mass is 9.91. The number of fused-ring (bicyclic) bond motifs is 4. The van der Waals surface area contributed by atoms with Gasteiger partial charge in [-0.05, 0) is 61.4 Å². The SMILES string of the molecule is COC(O)NC(C(=O)N1CC(F)CC1c1ncc(C2=CC3=C(c4cc5cc(-c6cnc(C7CCCN7C(=O)C(C)C(C)C)[nH]6)ccc5n4C(C)O3)C(F)C2)[nH]1)C(C)C. The molecule has 4 aliphatic rings. The Balaban J connectivity index is 1.04. The van der Waals surface area contributed by atoms with Gasteiger partial charge in [0.25, 0.3) is 0 Å². The average molecular weight is 801 g/mol. The lowest BCUT2D eigenvalue weighted by Gasteiger charge is -2.32. The van der Waals surface area contributed by atoms with Crippen molar-refractivity contribution in [3.8, 4) is 11.3 Å². The van der Waals surface area contributed by atoms with E-state index < -0.39 is 37.1 Å². The first kappa shape index (κ1) is 39.9. The van der Waals surface area contributed by atoms with Crippen molar-refractivity contribution in [3.05, 3.63) is 71.5 Å². The van der Waals surface area contributed by atoms with Crippen molar-refractivity contribution in [2.45, 2.75) is 110 Å². The molecule has 13 nitrogen and oxygen atoms in total. The number of alkyl halides is 2. The number of nitrogens with zero attached hydrogens (tertiary/aromatic N) is 5. The van der Waals surface area contributed by atoms with Gasteiger partial charge in [0.15, 0.2) is 6.23 Å². The highest BCUT2D eigenvalue weighted by atomic mass is 19.1. The second-order valence-corrected chi connectivity index (χ2v) is 16.9. The minimum atomic E-state index is -1.38. The number of methoxy groups -OCH3 is 1. The topological polar surface area (TPSA) is 154 Å². The Bertz CT molecular complexity index is 2260. The molecule has 15 heteroatoms. The maximum atomic E-state index is 16.5. The number of likely N-dealkylation sites (tertiary alicyclic amines) is 2. The third-order valence-electron chi connectivity index (χ3n) is 12.5. The Kier molecular flexibility index (Phi) is 10.8. The number of allylic oxidation sites excluding steroid dienone is 3. The number of aromatic nitrogens is 5. The number of imidazole rings is 2. The quantitative estimate of drug-likeness (QED) is 0.119. The smallest absolute Gasteiger partial charge is 0.240 e. The molecule has 8 atom stereocenters. The van der Waals surface area contributed by atoms with E-state index in [4.69, 9.17) is 14.5 Å². The van der Waals surface area contributed by atoms with E-state index in [0.717, 1.165) is 53.1 Å². The fourth-order valence-electron chi connectivity index (χ4n) is 8.98. The molecule has 1 aromatic carbocycles. The van der Waals surface area contributed by atoms with E-state index in [9.17, 15) is 19.1 Å². The highest BCUT2D eigenvalue weighted by Crippen LogP contribution is 2.46. The number of ether oxygens (including phenoxy) is 2. The van der Waals surface area contributed by atoms with Crippen LogP contribution in [0, 0.1) is 17.8 Å². The zero-order valence-corrected chi connectivity index (χ0v) is 34.1. The molecule has 8 unspecified atom stereocenters. The first-order chi connectivity index (χ1) is 27.7. The molecule has 1 aliphatic carbocycles. The molecule has 6 heterocycles. The molecular weight excluding hydrogens is 747 g/mol. The predicted octanol–water partition coefficient (Wildman–Crippen LogP) is 6.94. The number of benzene rings is 1. The number of halogens is 2. The number of amides is 2. The highest BCUT2D eigenvalue weighted by molar-refractivity contribution is 5.92. The summed E-state index contributed by atoms with van der Waals surface area (Å²) >= 11 is 0. The van der Waals surface area contributed by atoms with Gasteiger partial charge in [0.2, 0.25) is 18.2 Å². The Morgan fingerprint density at radius 2 is 1.71 bits per heavy atom.